The zero-order valence-electron chi connectivity index (χ0n) is 22.5. The molecule has 0 aliphatic heterocycles. The lowest BCUT2D eigenvalue weighted by Crippen LogP contribution is -2.41. The van der Waals surface area contributed by atoms with Crippen molar-refractivity contribution in [1.29, 1.82) is 0 Å². The van der Waals surface area contributed by atoms with Crippen molar-refractivity contribution >= 4 is 5.97 Å². The summed E-state index contributed by atoms with van der Waals surface area (Å²) in [6.07, 6.45) is 30.3. The Hall–Kier alpha value is -0.570. The van der Waals surface area contributed by atoms with Crippen LogP contribution in [0.5, 0.6) is 0 Å². The smallest absolute Gasteiger partial charge is 0.303 e. The summed E-state index contributed by atoms with van der Waals surface area (Å²) in [5, 5.41) is 8.64. The van der Waals surface area contributed by atoms with E-state index in [1.54, 1.807) is 0 Å². The first-order chi connectivity index (χ1) is 15.5. The quantitative estimate of drug-likeness (QED) is 0.104. The lowest BCUT2D eigenvalue weighted by atomic mass is 10.0. The number of rotatable bonds is 26. The molecular formula is C29H60NO2+. The average Bonchev–Trinajstić information content (AvgIpc) is 2.75. The number of carbonyl (C=O) groups is 1. The number of carboxylic acids is 1. The second-order valence-corrected chi connectivity index (χ2v) is 11.0. The van der Waals surface area contributed by atoms with E-state index in [0.29, 0.717) is 6.42 Å². The molecule has 0 bridgehead atoms. The van der Waals surface area contributed by atoms with Crippen molar-refractivity contribution in [1.82, 2.24) is 0 Å². The highest BCUT2D eigenvalue weighted by atomic mass is 16.4. The molecule has 32 heavy (non-hydrogen) atoms. The fraction of sp³-hybridized carbons (Fsp3) is 0.966. The summed E-state index contributed by atoms with van der Waals surface area (Å²) in [6, 6.07) is 0. The summed E-state index contributed by atoms with van der Waals surface area (Å²) in [5.74, 6) is -0.653. The third-order valence-electron chi connectivity index (χ3n) is 7.02. The predicted molar refractivity (Wildman–Crippen MR) is 141 cm³/mol. The molecule has 0 aromatic rings. The standard InChI is InChI=1S/C29H59NO2/c1-4-5-6-7-8-9-10-11-12-13-15-18-21-24-27-30(2,3)28-25-22-19-16-14-17-20-23-26-29(31)32/h4-28H2,1-3H3/p+1. The van der Waals surface area contributed by atoms with Crippen LogP contribution in [0.1, 0.15) is 155 Å². The van der Waals surface area contributed by atoms with Crippen LogP contribution in [-0.4, -0.2) is 42.7 Å². The molecular weight excluding hydrogens is 394 g/mol. The fourth-order valence-electron chi connectivity index (χ4n) is 4.72. The summed E-state index contributed by atoms with van der Waals surface area (Å²) in [4.78, 5) is 10.5. The minimum absolute atomic E-state index is 0.340. The van der Waals surface area contributed by atoms with Gasteiger partial charge in [0.15, 0.2) is 0 Å². The summed E-state index contributed by atoms with van der Waals surface area (Å²) < 4.78 is 1.19. The molecule has 0 atom stereocenters. The van der Waals surface area contributed by atoms with E-state index in [9.17, 15) is 4.79 Å². The number of hydrogen-bond donors (Lipinski definition) is 1. The maximum Gasteiger partial charge on any atom is 0.303 e. The molecule has 3 heteroatoms. The molecule has 0 unspecified atom stereocenters. The molecule has 0 amide bonds. The molecule has 0 saturated carbocycles. The first-order valence-corrected chi connectivity index (χ1v) is 14.5. The van der Waals surface area contributed by atoms with Crippen LogP contribution in [0.3, 0.4) is 0 Å². The molecule has 1 N–H and O–H groups in total. The van der Waals surface area contributed by atoms with Gasteiger partial charge in [-0.1, -0.05) is 116 Å². The lowest BCUT2D eigenvalue weighted by Gasteiger charge is -2.30. The van der Waals surface area contributed by atoms with Gasteiger partial charge in [-0.3, -0.25) is 4.79 Å². The van der Waals surface area contributed by atoms with Crippen molar-refractivity contribution in [3.05, 3.63) is 0 Å². The lowest BCUT2D eigenvalue weighted by molar-refractivity contribution is -0.890. The Bertz CT molecular complexity index is 395. The van der Waals surface area contributed by atoms with Crippen LogP contribution < -0.4 is 0 Å². The van der Waals surface area contributed by atoms with Crippen LogP contribution in [0, 0.1) is 0 Å². The van der Waals surface area contributed by atoms with Gasteiger partial charge in [0.2, 0.25) is 0 Å². The highest BCUT2D eigenvalue weighted by molar-refractivity contribution is 5.66. The minimum atomic E-state index is -0.653. The SMILES string of the molecule is CCCCCCCCCCCCCCCC[N+](C)(C)CCCCCCCCCCC(=O)O. The maximum atomic E-state index is 10.5. The second-order valence-electron chi connectivity index (χ2n) is 11.0. The molecule has 0 aliphatic carbocycles. The van der Waals surface area contributed by atoms with E-state index < -0.39 is 5.97 Å². The molecule has 0 heterocycles. The highest BCUT2D eigenvalue weighted by Crippen LogP contribution is 2.15. The Morgan fingerprint density at radius 1 is 0.500 bits per heavy atom. The first kappa shape index (κ1) is 31.4. The molecule has 0 aromatic carbocycles. The van der Waals surface area contributed by atoms with Gasteiger partial charge >= 0.3 is 5.97 Å². The van der Waals surface area contributed by atoms with Gasteiger partial charge < -0.3 is 9.59 Å². The number of nitrogens with zero attached hydrogens (tertiary/aromatic N) is 1. The van der Waals surface area contributed by atoms with E-state index >= 15 is 0 Å². The molecule has 0 aliphatic rings. The molecule has 0 rings (SSSR count). The van der Waals surface area contributed by atoms with Crippen LogP contribution in [0.4, 0.5) is 0 Å². The molecule has 0 radical (unpaired) electrons. The maximum absolute atomic E-state index is 10.5. The topological polar surface area (TPSA) is 37.3 Å². The first-order valence-electron chi connectivity index (χ1n) is 14.5. The zero-order valence-corrected chi connectivity index (χ0v) is 22.5. The Balaban J connectivity index is 3.31. The molecule has 0 fully saturated rings. The largest absolute Gasteiger partial charge is 0.481 e. The molecule has 3 nitrogen and oxygen atoms in total. The number of carboxylic acid groups (broad SMARTS) is 1. The average molecular weight is 455 g/mol. The summed E-state index contributed by atoms with van der Waals surface area (Å²) in [6.45, 7) is 4.95. The third-order valence-corrected chi connectivity index (χ3v) is 7.02. The fourth-order valence-corrected chi connectivity index (χ4v) is 4.72. The predicted octanol–water partition coefficient (Wildman–Crippen LogP) is 9.14. The number of hydrogen-bond acceptors (Lipinski definition) is 1. The Morgan fingerprint density at radius 2 is 0.781 bits per heavy atom. The van der Waals surface area contributed by atoms with Gasteiger partial charge in [-0.15, -0.1) is 0 Å². The molecule has 0 aromatic heterocycles. The van der Waals surface area contributed by atoms with Crippen molar-refractivity contribution in [3.63, 3.8) is 0 Å². The number of quaternary nitrogens is 1. The summed E-state index contributed by atoms with van der Waals surface area (Å²) in [5.41, 5.74) is 0. The highest BCUT2D eigenvalue weighted by Gasteiger charge is 2.13. The monoisotopic (exact) mass is 454 g/mol. The van der Waals surface area contributed by atoms with Gasteiger partial charge in [-0.05, 0) is 32.1 Å². The van der Waals surface area contributed by atoms with Crippen molar-refractivity contribution in [2.45, 2.75) is 155 Å². The van der Waals surface area contributed by atoms with Gasteiger partial charge in [0.05, 0.1) is 27.2 Å². The van der Waals surface area contributed by atoms with E-state index in [0.717, 1.165) is 12.8 Å². The van der Waals surface area contributed by atoms with Crippen molar-refractivity contribution in [2.24, 2.45) is 0 Å². The summed E-state index contributed by atoms with van der Waals surface area (Å²) in [7, 11) is 4.81. The van der Waals surface area contributed by atoms with Crippen LogP contribution in [0.15, 0.2) is 0 Å². The van der Waals surface area contributed by atoms with Gasteiger partial charge in [-0.25, -0.2) is 0 Å². The Morgan fingerprint density at radius 3 is 1.09 bits per heavy atom. The zero-order chi connectivity index (χ0) is 23.8. The minimum Gasteiger partial charge on any atom is -0.481 e. The molecule has 0 spiro atoms. The van der Waals surface area contributed by atoms with Gasteiger partial charge in [0, 0.05) is 6.42 Å². The van der Waals surface area contributed by atoms with E-state index in [-0.39, 0.29) is 0 Å². The van der Waals surface area contributed by atoms with E-state index in [2.05, 4.69) is 21.0 Å². The number of unbranched alkanes of at least 4 members (excludes halogenated alkanes) is 20. The van der Waals surface area contributed by atoms with Gasteiger partial charge in [-0.2, -0.15) is 0 Å². The number of aliphatic carboxylic acids is 1. The van der Waals surface area contributed by atoms with Crippen molar-refractivity contribution in [2.75, 3.05) is 27.2 Å². The van der Waals surface area contributed by atoms with Crippen LogP contribution in [-0.2, 0) is 4.79 Å². The Labute approximate surface area is 202 Å². The van der Waals surface area contributed by atoms with Gasteiger partial charge in [0.25, 0.3) is 0 Å². The van der Waals surface area contributed by atoms with Gasteiger partial charge in [0.1, 0.15) is 0 Å². The Kier molecular flexibility index (Phi) is 23.2. The molecule has 0 saturated heterocycles. The molecule has 192 valence electrons. The second kappa shape index (κ2) is 23.6. The normalized spacial score (nSPS) is 11.8. The summed E-state index contributed by atoms with van der Waals surface area (Å²) >= 11 is 0. The van der Waals surface area contributed by atoms with Crippen LogP contribution >= 0.6 is 0 Å². The van der Waals surface area contributed by atoms with E-state index in [4.69, 9.17) is 5.11 Å². The third kappa shape index (κ3) is 25.7. The van der Waals surface area contributed by atoms with E-state index in [1.807, 2.05) is 0 Å². The van der Waals surface area contributed by atoms with Crippen molar-refractivity contribution in [3.8, 4) is 0 Å². The van der Waals surface area contributed by atoms with Crippen LogP contribution in [0.25, 0.3) is 0 Å². The van der Waals surface area contributed by atoms with Crippen molar-refractivity contribution < 1.29 is 14.4 Å². The van der Waals surface area contributed by atoms with E-state index in [1.165, 1.54) is 146 Å². The van der Waals surface area contributed by atoms with Crippen LogP contribution in [0.2, 0.25) is 0 Å².